The zero-order valence-corrected chi connectivity index (χ0v) is 12.3. The van der Waals surface area contributed by atoms with Crippen LogP contribution < -0.4 is 10.1 Å². The van der Waals surface area contributed by atoms with E-state index in [1.165, 1.54) is 0 Å². The second kappa shape index (κ2) is 5.81. The number of aryl methyl sites for hydroxylation is 1. The first kappa shape index (κ1) is 14.0. The molecule has 0 saturated heterocycles. The van der Waals surface area contributed by atoms with Crippen molar-refractivity contribution in [1.29, 1.82) is 0 Å². The summed E-state index contributed by atoms with van der Waals surface area (Å²) < 4.78 is 5.22. The number of benzene rings is 1. The number of rotatable bonds is 3. The Morgan fingerprint density at radius 3 is 2.82 bits per heavy atom. The Balaban J connectivity index is 2.00. The van der Waals surface area contributed by atoms with Gasteiger partial charge < -0.3 is 10.1 Å². The van der Waals surface area contributed by atoms with E-state index in [9.17, 15) is 4.79 Å². The lowest BCUT2D eigenvalue weighted by Gasteiger charge is -2.08. The summed E-state index contributed by atoms with van der Waals surface area (Å²) in [5.74, 6) is 0.986. The van der Waals surface area contributed by atoms with Crippen LogP contribution >= 0.6 is 0 Å². The minimum absolute atomic E-state index is 0.223. The van der Waals surface area contributed by atoms with Crippen LogP contribution in [0.4, 0.5) is 5.82 Å². The molecule has 5 heteroatoms. The van der Waals surface area contributed by atoms with E-state index in [4.69, 9.17) is 4.74 Å². The summed E-state index contributed by atoms with van der Waals surface area (Å²) in [4.78, 5) is 21.1. The quantitative estimate of drug-likeness (QED) is 0.805. The van der Waals surface area contributed by atoms with Gasteiger partial charge in [0.2, 0.25) is 0 Å². The van der Waals surface area contributed by atoms with Gasteiger partial charge >= 0.3 is 0 Å². The van der Waals surface area contributed by atoms with E-state index in [2.05, 4.69) is 15.3 Å². The molecular weight excluding hydrogens is 278 g/mol. The minimum Gasteiger partial charge on any atom is -0.497 e. The van der Waals surface area contributed by atoms with Crippen molar-refractivity contribution in [3.8, 4) is 5.75 Å². The molecule has 0 unspecified atom stereocenters. The lowest BCUT2D eigenvalue weighted by molar-refractivity contribution is 0.102. The number of carbonyl (C=O) groups excluding carboxylic acids is 1. The van der Waals surface area contributed by atoms with Crippen LogP contribution in [0.1, 0.15) is 16.1 Å². The maximum atomic E-state index is 12.5. The third-order valence-electron chi connectivity index (χ3n) is 3.32. The number of carbonyl (C=O) groups is 1. The highest BCUT2D eigenvalue weighted by molar-refractivity contribution is 6.12. The van der Waals surface area contributed by atoms with Gasteiger partial charge in [-0.05, 0) is 43.3 Å². The van der Waals surface area contributed by atoms with Crippen molar-refractivity contribution < 1.29 is 9.53 Å². The van der Waals surface area contributed by atoms with E-state index in [0.717, 1.165) is 16.6 Å². The lowest BCUT2D eigenvalue weighted by atomic mass is 10.1. The molecule has 22 heavy (non-hydrogen) atoms. The number of anilines is 1. The molecule has 3 rings (SSSR count). The Morgan fingerprint density at radius 1 is 1.18 bits per heavy atom. The lowest BCUT2D eigenvalue weighted by Crippen LogP contribution is -2.13. The monoisotopic (exact) mass is 293 g/mol. The van der Waals surface area contributed by atoms with Gasteiger partial charge in [0.25, 0.3) is 5.91 Å². The first-order valence-electron chi connectivity index (χ1n) is 6.85. The van der Waals surface area contributed by atoms with Crippen LogP contribution in [-0.4, -0.2) is 23.0 Å². The molecule has 0 bridgehead atoms. The molecule has 0 fully saturated rings. The average Bonchev–Trinajstić information content (AvgIpc) is 2.53. The molecule has 110 valence electrons. The molecular formula is C17H15N3O2. The Labute approximate surface area is 128 Å². The molecule has 5 nitrogen and oxygen atoms in total. The Bertz CT molecular complexity index is 846. The van der Waals surface area contributed by atoms with Crippen molar-refractivity contribution >= 4 is 22.6 Å². The molecule has 0 aliphatic heterocycles. The Hall–Kier alpha value is -2.95. The summed E-state index contributed by atoms with van der Waals surface area (Å²) in [6, 6.07) is 12.6. The molecule has 0 aliphatic carbocycles. The van der Waals surface area contributed by atoms with Crippen LogP contribution in [0.2, 0.25) is 0 Å². The predicted molar refractivity (Wildman–Crippen MR) is 85.2 cm³/mol. The van der Waals surface area contributed by atoms with Crippen molar-refractivity contribution in [2.45, 2.75) is 6.92 Å². The highest BCUT2D eigenvalue weighted by atomic mass is 16.5. The fourth-order valence-electron chi connectivity index (χ4n) is 2.25. The number of hydrogen-bond acceptors (Lipinski definition) is 4. The third-order valence-corrected chi connectivity index (χ3v) is 3.32. The van der Waals surface area contributed by atoms with Crippen molar-refractivity contribution in [3.63, 3.8) is 0 Å². The number of nitrogens with zero attached hydrogens (tertiary/aromatic N) is 2. The molecule has 0 spiro atoms. The summed E-state index contributed by atoms with van der Waals surface area (Å²) in [6.45, 7) is 1.88. The fourth-order valence-corrected chi connectivity index (χ4v) is 2.25. The minimum atomic E-state index is -0.223. The molecule has 1 amide bonds. The highest BCUT2D eigenvalue weighted by Gasteiger charge is 2.12. The Kier molecular flexibility index (Phi) is 3.70. The smallest absolute Gasteiger partial charge is 0.257 e. The summed E-state index contributed by atoms with van der Waals surface area (Å²) in [5.41, 5.74) is 2.12. The van der Waals surface area contributed by atoms with E-state index in [-0.39, 0.29) is 5.91 Å². The zero-order chi connectivity index (χ0) is 15.5. The van der Waals surface area contributed by atoms with Crippen molar-refractivity contribution in [2.24, 2.45) is 0 Å². The van der Waals surface area contributed by atoms with Crippen LogP contribution in [0.3, 0.4) is 0 Å². The number of ether oxygens (including phenoxy) is 1. The molecule has 2 heterocycles. The zero-order valence-electron chi connectivity index (χ0n) is 12.3. The molecule has 0 aliphatic rings. The molecule has 1 N–H and O–H groups in total. The third kappa shape index (κ3) is 2.74. The average molecular weight is 293 g/mol. The van der Waals surface area contributed by atoms with Gasteiger partial charge in [-0.25, -0.2) is 4.98 Å². The Morgan fingerprint density at radius 2 is 2.05 bits per heavy atom. The first-order chi connectivity index (χ1) is 10.7. The molecule has 1 aromatic carbocycles. The maximum absolute atomic E-state index is 12.5. The molecule has 0 atom stereocenters. The van der Waals surface area contributed by atoms with Crippen LogP contribution in [0.15, 0.2) is 48.7 Å². The number of nitrogens with one attached hydrogen (secondary N) is 1. The normalized spacial score (nSPS) is 10.5. The number of fused-ring (bicyclic) bond motifs is 1. The van der Waals surface area contributed by atoms with E-state index in [1.54, 1.807) is 31.5 Å². The van der Waals surface area contributed by atoms with E-state index in [0.29, 0.717) is 17.1 Å². The van der Waals surface area contributed by atoms with Gasteiger partial charge in [0, 0.05) is 17.3 Å². The molecule has 3 aromatic rings. The van der Waals surface area contributed by atoms with Crippen LogP contribution in [0.5, 0.6) is 5.75 Å². The maximum Gasteiger partial charge on any atom is 0.257 e. The first-order valence-corrected chi connectivity index (χ1v) is 6.85. The van der Waals surface area contributed by atoms with Gasteiger partial charge in [-0.2, -0.15) is 0 Å². The highest BCUT2D eigenvalue weighted by Crippen LogP contribution is 2.23. The number of pyridine rings is 2. The molecule has 0 radical (unpaired) electrons. The number of hydrogen-bond donors (Lipinski definition) is 1. The summed E-state index contributed by atoms with van der Waals surface area (Å²) >= 11 is 0. The number of amides is 1. The van der Waals surface area contributed by atoms with Gasteiger partial charge in [-0.15, -0.1) is 0 Å². The van der Waals surface area contributed by atoms with Gasteiger partial charge in [0.15, 0.2) is 0 Å². The van der Waals surface area contributed by atoms with Crippen LogP contribution in [-0.2, 0) is 0 Å². The summed E-state index contributed by atoms with van der Waals surface area (Å²) in [6.07, 6.45) is 1.62. The van der Waals surface area contributed by atoms with Crippen molar-refractivity contribution in [2.75, 3.05) is 12.4 Å². The van der Waals surface area contributed by atoms with E-state index in [1.807, 2.05) is 31.2 Å². The predicted octanol–water partition coefficient (Wildman–Crippen LogP) is 3.20. The van der Waals surface area contributed by atoms with Crippen LogP contribution in [0.25, 0.3) is 10.9 Å². The second-order valence-corrected chi connectivity index (χ2v) is 4.86. The molecule has 0 saturated carbocycles. The van der Waals surface area contributed by atoms with Gasteiger partial charge in [-0.1, -0.05) is 6.07 Å². The van der Waals surface area contributed by atoms with E-state index < -0.39 is 0 Å². The number of aromatic nitrogens is 2. The SMILES string of the molecule is COc1ccc2nccc(C(=O)Nc3cccc(C)n3)c2c1. The second-order valence-electron chi connectivity index (χ2n) is 4.86. The van der Waals surface area contributed by atoms with Gasteiger partial charge in [0.1, 0.15) is 11.6 Å². The topological polar surface area (TPSA) is 64.1 Å². The van der Waals surface area contributed by atoms with Crippen molar-refractivity contribution in [1.82, 2.24) is 9.97 Å². The molecule has 2 aromatic heterocycles. The fraction of sp³-hybridized carbons (Fsp3) is 0.118. The van der Waals surface area contributed by atoms with Gasteiger partial charge in [-0.3, -0.25) is 9.78 Å². The largest absolute Gasteiger partial charge is 0.497 e. The standard InChI is InChI=1S/C17H15N3O2/c1-11-4-3-5-16(19-11)20-17(21)13-8-9-18-15-7-6-12(22-2)10-14(13)15/h3-10H,1-2H3,(H,19,20,21). The van der Waals surface area contributed by atoms with Crippen LogP contribution in [0, 0.1) is 6.92 Å². The van der Waals surface area contributed by atoms with E-state index >= 15 is 0 Å². The van der Waals surface area contributed by atoms with Crippen molar-refractivity contribution in [3.05, 3.63) is 59.9 Å². The summed E-state index contributed by atoms with van der Waals surface area (Å²) in [5, 5.41) is 3.55. The number of methoxy groups -OCH3 is 1. The van der Waals surface area contributed by atoms with Gasteiger partial charge in [0.05, 0.1) is 18.2 Å². The summed E-state index contributed by atoms with van der Waals surface area (Å²) in [7, 11) is 1.59.